The van der Waals surface area contributed by atoms with Crippen molar-refractivity contribution in [3.05, 3.63) is 81.2 Å². The van der Waals surface area contributed by atoms with E-state index < -0.39 is 0 Å². The second-order valence-electron chi connectivity index (χ2n) is 9.11. The van der Waals surface area contributed by atoms with E-state index in [0.29, 0.717) is 33.6 Å². The minimum Gasteiger partial charge on any atom is -0.495 e. The minimum absolute atomic E-state index is 0.0273. The van der Waals surface area contributed by atoms with Gasteiger partial charge >= 0.3 is 0 Å². The largest absolute Gasteiger partial charge is 0.495 e. The van der Waals surface area contributed by atoms with Crippen molar-refractivity contribution in [1.82, 2.24) is 19.8 Å². The van der Waals surface area contributed by atoms with Crippen LogP contribution in [0, 0.1) is 0 Å². The molecule has 36 heavy (non-hydrogen) atoms. The number of aromatic nitrogens is 2. The second kappa shape index (κ2) is 12.0. The number of rotatable bonds is 8. The molecule has 1 aliphatic rings. The summed E-state index contributed by atoms with van der Waals surface area (Å²) >= 11 is 12.7. The van der Waals surface area contributed by atoms with Gasteiger partial charge in [-0.25, -0.2) is 9.97 Å². The number of halogens is 2. The van der Waals surface area contributed by atoms with E-state index in [-0.39, 0.29) is 12.3 Å². The minimum atomic E-state index is -0.190. The Hall–Kier alpha value is -2.71. The molecule has 0 aliphatic carbocycles. The highest BCUT2D eigenvalue weighted by atomic mass is 35.5. The lowest BCUT2D eigenvalue weighted by Crippen LogP contribution is -2.43. The van der Waals surface area contributed by atoms with E-state index in [0.717, 1.165) is 44.0 Å². The zero-order valence-corrected chi connectivity index (χ0v) is 22.4. The molecule has 1 saturated heterocycles. The quantitative estimate of drug-likeness (QED) is 0.434. The summed E-state index contributed by atoms with van der Waals surface area (Å²) in [7, 11) is 5.38. The number of ether oxygens (including phenoxy) is 1. The second-order valence-corrected chi connectivity index (χ2v) is 9.90. The number of amides is 1. The smallest absolute Gasteiger partial charge is 0.232 e. The predicted molar refractivity (Wildman–Crippen MR) is 144 cm³/mol. The fourth-order valence-corrected chi connectivity index (χ4v) is 4.78. The fourth-order valence-electron chi connectivity index (χ4n) is 4.20. The van der Waals surface area contributed by atoms with Crippen molar-refractivity contribution in [3.8, 4) is 5.75 Å². The molecule has 0 atom stereocenters. The van der Waals surface area contributed by atoms with Crippen LogP contribution in [0.3, 0.4) is 0 Å². The Labute approximate surface area is 222 Å². The molecule has 0 saturated carbocycles. The van der Waals surface area contributed by atoms with Crippen molar-refractivity contribution in [1.29, 1.82) is 0 Å². The van der Waals surface area contributed by atoms with Gasteiger partial charge in [-0.3, -0.25) is 14.6 Å². The maximum atomic E-state index is 13.0. The first-order valence-corrected chi connectivity index (χ1v) is 12.7. The van der Waals surface area contributed by atoms with Gasteiger partial charge in [0.05, 0.1) is 24.2 Å². The van der Waals surface area contributed by atoms with Gasteiger partial charge in [0.2, 0.25) is 5.91 Å². The van der Waals surface area contributed by atoms with Gasteiger partial charge in [0, 0.05) is 62.8 Å². The summed E-state index contributed by atoms with van der Waals surface area (Å²) in [5, 5.41) is 0.758. The molecule has 2 heterocycles. The number of carbonyl (C=O) groups excluding carboxylic acids is 1. The van der Waals surface area contributed by atoms with E-state index in [4.69, 9.17) is 27.9 Å². The lowest BCUT2D eigenvalue weighted by molar-refractivity contribution is -0.117. The Morgan fingerprint density at radius 2 is 1.72 bits per heavy atom. The number of hydrogen-bond donors (Lipinski definition) is 0. The Bertz CT molecular complexity index is 1200. The predicted octanol–water partition coefficient (Wildman–Crippen LogP) is 4.34. The van der Waals surface area contributed by atoms with Crippen LogP contribution in [0.2, 0.25) is 10.0 Å². The molecule has 1 fully saturated rings. The molecule has 0 N–H and O–H groups in total. The number of likely N-dealkylation sites (N-methyl/N-ethyl adjacent to an activating group) is 2. The van der Waals surface area contributed by atoms with E-state index in [1.165, 1.54) is 23.9 Å². The first-order valence-electron chi connectivity index (χ1n) is 11.9. The van der Waals surface area contributed by atoms with Crippen molar-refractivity contribution in [2.45, 2.75) is 19.4 Å². The number of benzene rings is 2. The van der Waals surface area contributed by atoms with Crippen LogP contribution in [0.1, 0.15) is 22.4 Å². The summed E-state index contributed by atoms with van der Waals surface area (Å²) in [5.74, 6) is 0.808. The average Bonchev–Trinajstić information content (AvgIpc) is 2.88. The third-order valence-corrected chi connectivity index (χ3v) is 7.30. The van der Waals surface area contributed by atoms with Gasteiger partial charge < -0.3 is 9.64 Å². The normalized spacial score (nSPS) is 14.6. The molecule has 190 valence electrons. The van der Waals surface area contributed by atoms with Crippen LogP contribution in [0.15, 0.2) is 48.8 Å². The van der Waals surface area contributed by atoms with Crippen LogP contribution in [0.25, 0.3) is 0 Å². The highest BCUT2D eigenvalue weighted by Gasteiger charge is 2.19. The summed E-state index contributed by atoms with van der Waals surface area (Å²) in [4.78, 5) is 28.1. The van der Waals surface area contributed by atoms with Crippen LogP contribution >= 0.6 is 23.2 Å². The summed E-state index contributed by atoms with van der Waals surface area (Å²) in [6.45, 7) is 5.41. The summed E-state index contributed by atoms with van der Waals surface area (Å²) in [5.41, 5.74) is 3.84. The van der Waals surface area contributed by atoms with Gasteiger partial charge in [0.15, 0.2) is 0 Å². The van der Waals surface area contributed by atoms with Crippen molar-refractivity contribution in [3.63, 3.8) is 0 Å². The van der Waals surface area contributed by atoms with E-state index in [1.54, 1.807) is 19.2 Å². The lowest BCUT2D eigenvalue weighted by atomic mass is 10.1. The molecule has 7 nitrogen and oxygen atoms in total. The molecule has 1 aliphatic heterocycles. The number of methoxy groups -OCH3 is 1. The third-order valence-electron chi connectivity index (χ3n) is 6.54. The molecule has 4 rings (SSSR count). The van der Waals surface area contributed by atoms with Crippen LogP contribution in [0.4, 0.5) is 5.82 Å². The molecule has 3 aromatic rings. The Morgan fingerprint density at radius 3 is 2.42 bits per heavy atom. The highest BCUT2D eigenvalue weighted by molar-refractivity contribution is 6.37. The molecular formula is C27H31Cl2N5O2. The third kappa shape index (κ3) is 6.53. The van der Waals surface area contributed by atoms with Crippen molar-refractivity contribution >= 4 is 34.9 Å². The fraction of sp³-hybridized carbons (Fsp3) is 0.370. The van der Waals surface area contributed by atoms with Crippen molar-refractivity contribution in [2.24, 2.45) is 0 Å². The van der Waals surface area contributed by atoms with Gasteiger partial charge in [-0.15, -0.1) is 0 Å². The molecule has 0 bridgehead atoms. The zero-order valence-electron chi connectivity index (χ0n) is 20.9. The molecule has 1 aromatic heterocycles. The molecule has 9 heteroatoms. The van der Waals surface area contributed by atoms with Crippen LogP contribution in [-0.2, 0) is 24.2 Å². The zero-order chi connectivity index (χ0) is 25.7. The summed E-state index contributed by atoms with van der Waals surface area (Å²) in [6, 6.07) is 13.9. The van der Waals surface area contributed by atoms with Gasteiger partial charge in [0.1, 0.15) is 17.9 Å². The standard InChI is InChI=1S/C27H31Cl2N5O2/c1-32-10-12-34(13-11-32)17-20-6-4-19(5-7-20)14-21-15-25(31-18-30-21)33(2)26(35)16-22-23(28)8-9-24(36-3)27(22)29/h4-9,15,18H,10-14,16-17H2,1-3H3. The monoisotopic (exact) mass is 527 g/mol. The Kier molecular flexibility index (Phi) is 8.80. The SMILES string of the molecule is COc1ccc(Cl)c(CC(=O)N(C)c2cc(Cc3ccc(CN4CCN(C)CC4)cc3)ncn2)c1Cl. The molecule has 0 radical (unpaired) electrons. The first-order chi connectivity index (χ1) is 17.3. The topological polar surface area (TPSA) is 61.8 Å². The van der Waals surface area contributed by atoms with Gasteiger partial charge in [-0.2, -0.15) is 0 Å². The van der Waals surface area contributed by atoms with Gasteiger partial charge in [0.25, 0.3) is 0 Å². The van der Waals surface area contributed by atoms with Crippen molar-refractivity contribution < 1.29 is 9.53 Å². The van der Waals surface area contributed by atoms with E-state index in [9.17, 15) is 4.79 Å². The summed E-state index contributed by atoms with van der Waals surface area (Å²) in [6.07, 6.45) is 2.17. The summed E-state index contributed by atoms with van der Waals surface area (Å²) < 4.78 is 5.25. The number of nitrogens with zero attached hydrogens (tertiary/aromatic N) is 5. The maximum Gasteiger partial charge on any atom is 0.232 e. The number of hydrogen-bond acceptors (Lipinski definition) is 6. The molecule has 2 aromatic carbocycles. The van der Waals surface area contributed by atoms with Crippen molar-refractivity contribution in [2.75, 3.05) is 52.3 Å². The molecule has 0 spiro atoms. The molecule has 1 amide bonds. The molecular weight excluding hydrogens is 497 g/mol. The lowest BCUT2D eigenvalue weighted by Gasteiger charge is -2.32. The number of carbonyl (C=O) groups is 1. The number of anilines is 1. The highest BCUT2D eigenvalue weighted by Crippen LogP contribution is 2.34. The Balaban J connectivity index is 1.39. The van der Waals surface area contributed by atoms with E-state index in [2.05, 4.69) is 51.1 Å². The first kappa shape index (κ1) is 26.4. The number of piperazine rings is 1. The van der Waals surface area contributed by atoms with Crippen LogP contribution in [0.5, 0.6) is 5.75 Å². The molecule has 0 unspecified atom stereocenters. The van der Waals surface area contributed by atoms with E-state index >= 15 is 0 Å². The van der Waals surface area contributed by atoms with Crippen LogP contribution in [-0.4, -0.2) is 73.1 Å². The maximum absolute atomic E-state index is 13.0. The van der Waals surface area contributed by atoms with Gasteiger partial charge in [-0.05, 0) is 30.3 Å². The van der Waals surface area contributed by atoms with E-state index in [1.807, 2.05) is 6.07 Å². The van der Waals surface area contributed by atoms with Gasteiger partial charge in [-0.1, -0.05) is 47.5 Å². The Morgan fingerprint density at radius 1 is 1.03 bits per heavy atom. The van der Waals surface area contributed by atoms with Crippen LogP contribution < -0.4 is 9.64 Å². The average molecular weight is 528 g/mol.